The van der Waals surface area contributed by atoms with Crippen LogP contribution in [0.1, 0.15) is 29.6 Å². The second-order valence-electron chi connectivity index (χ2n) is 8.94. The minimum atomic E-state index is -0.722. The van der Waals surface area contributed by atoms with Crippen LogP contribution in [0.15, 0.2) is 58.5 Å². The zero-order valence-corrected chi connectivity index (χ0v) is 20.9. The van der Waals surface area contributed by atoms with E-state index >= 15 is 0 Å². The lowest BCUT2D eigenvalue weighted by Gasteiger charge is -2.17. The number of aromatic nitrogens is 5. The molecule has 0 aliphatic heterocycles. The van der Waals surface area contributed by atoms with Crippen LogP contribution in [0.3, 0.4) is 0 Å². The molecule has 0 amide bonds. The van der Waals surface area contributed by atoms with E-state index in [0.29, 0.717) is 33.9 Å². The Kier molecular flexibility index (Phi) is 5.93. The molecule has 3 aromatic heterocycles. The number of hydrogen-bond acceptors (Lipinski definition) is 6. The van der Waals surface area contributed by atoms with Crippen LogP contribution >= 0.6 is 23.1 Å². The maximum absolute atomic E-state index is 14.8. The van der Waals surface area contributed by atoms with E-state index in [2.05, 4.69) is 22.1 Å². The van der Waals surface area contributed by atoms with Gasteiger partial charge in [0.1, 0.15) is 22.3 Å². The van der Waals surface area contributed by atoms with Gasteiger partial charge in [-0.3, -0.25) is 9.36 Å². The Bertz CT molecular complexity index is 1640. The van der Waals surface area contributed by atoms with Crippen LogP contribution in [0.4, 0.5) is 8.78 Å². The van der Waals surface area contributed by atoms with Crippen LogP contribution in [0.2, 0.25) is 0 Å². The van der Waals surface area contributed by atoms with Gasteiger partial charge in [0.25, 0.3) is 5.56 Å². The van der Waals surface area contributed by atoms with E-state index in [9.17, 15) is 13.6 Å². The quantitative estimate of drug-likeness (QED) is 0.290. The Morgan fingerprint density at radius 2 is 2.00 bits per heavy atom. The number of thiophene rings is 1. The molecular weight excluding hydrogens is 500 g/mol. The van der Waals surface area contributed by atoms with Crippen LogP contribution in [0.5, 0.6) is 0 Å². The lowest BCUT2D eigenvalue weighted by molar-refractivity contribution is 0.509. The van der Waals surface area contributed by atoms with E-state index in [1.54, 1.807) is 15.9 Å². The number of nitrogens with zero attached hydrogens (tertiary/aromatic N) is 4. The zero-order valence-electron chi connectivity index (χ0n) is 19.3. The first kappa shape index (κ1) is 23.1. The molecule has 0 saturated heterocycles. The van der Waals surface area contributed by atoms with Crippen molar-refractivity contribution in [2.75, 3.05) is 0 Å². The SMILES string of the molecule is CC1CCc2c(sc3nc(CSc4nnc(-c5ccccc5)n4-c4ccc(F)cc4F)[nH]c(=O)c23)C1. The number of hydrogen-bond donors (Lipinski definition) is 1. The summed E-state index contributed by atoms with van der Waals surface area (Å²) in [6, 6.07) is 12.7. The van der Waals surface area contributed by atoms with Gasteiger partial charge in [-0.15, -0.1) is 21.5 Å². The predicted molar refractivity (Wildman–Crippen MR) is 138 cm³/mol. The highest BCUT2D eigenvalue weighted by molar-refractivity contribution is 7.98. The number of aromatic amines is 1. The fourth-order valence-electron chi connectivity index (χ4n) is 4.61. The van der Waals surface area contributed by atoms with Crippen molar-refractivity contribution in [3.63, 3.8) is 0 Å². The molecule has 0 bridgehead atoms. The topological polar surface area (TPSA) is 76.5 Å². The summed E-state index contributed by atoms with van der Waals surface area (Å²) < 4.78 is 30.0. The van der Waals surface area contributed by atoms with Gasteiger partial charge in [-0.05, 0) is 42.9 Å². The van der Waals surface area contributed by atoms with Crippen LogP contribution in [0.25, 0.3) is 27.3 Å². The highest BCUT2D eigenvalue weighted by atomic mass is 32.2. The van der Waals surface area contributed by atoms with Gasteiger partial charge in [0.2, 0.25) is 0 Å². The molecule has 3 heterocycles. The van der Waals surface area contributed by atoms with Crippen molar-refractivity contribution in [3.8, 4) is 17.1 Å². The van der Waals surface area contributed by atoms with Gasteiger partial charge in [-0.25, -0.2) is 13.8 Å². The molecule has 182 valence electrons. The second-order valence-corrected chi connectivity index (χ2v) is 11.0. The molecule has 6 rings (SSSR count). The van der Waals surface area contributed by atoms with Crippen molar-refractivity contribution >= 4 is 33.3 Å². The molecule has 1 N–H and O–H groups in total. The smallest absolute Gasteiger partial charge is 0.259 e. The average molecular weight is 522 g/mol. The number of fused-ring (bicyclic) bond motifs is 3. The highest BCUT2D eigenvalue weighted by Gasteiger charge is 2.24. The molecule has 0 fully saturated rings. The lowest BCUT2D eigenvalue weighted by atomic mass is 9.89. The van der Waals surface area contributed by atoms with Crippen molar-refractivity contribution in [1.82, 2.24) is 24.7 Å². The summed E-state index contributed by atoms with van der Waals surface area (Å²) in [5.41, 5.74) is 1.89. The summed E-state index contributed by atoms with van der Waals surface area (Å²) in [5.74, 6) is 0.472. The number of nitrogens with one attached hydrogen (secondary N) is 1. The third-order valence-electron chi connectivity index (χ3n) is 6.37. The van der Waals surface area contributed by atoms with Crippen LogP contribution in [0, 0.1) is 17.6 Å². The number of benzene rings is 2. The number of halogens is 2. The number of H-pyrrole nitrogens is 1. The number of rotatable bonds is 5. The molecule has 6 nitrogen and oxygen atoms in total. The molecule has 1 aliphatic carbocycles. The van der Waals surface area contributed by atoms with E-state index < -0.39 is 11.6 Å². The monoisotopic (exact) mass is 521 g/mol. The van der Waals surface area contributed by atoms with E-state index in [1.807, 2.05) is 30.3 Å². The summed E-state index contributed by atoms with van der Waals surface area (Å²) in [6.07, 6.45) is 2.97. The van der Waals surface area contributed by atoms with Crippen LogP contribution in [-0.4, -0.2) is 24.7 Å². The van der Waals surface area contributed by atoms with Crippen LogP contribution < -0.4 is 5.56 Å². The highest BCUT2D eigenvalue weighted by Crippen LogP contribution is 2.36. The predicted octanol–water partition coefficient (Wildman–Crippen LogP) is 5.93. The molecule has 1 aliphatic rings. The molecule has 10 heteroatoms. The Morgan fingerprint density at radius 3 is 2.81 bits per heavy atom. The standard InChI is InChI=1S/C26H21F2N5OS2/c1-14-7-9-17-20(11-14)36-25-22(17)24(34)29-21(30-25)13-35-26-32-31-23(15-5-3-2-4-6-15)33(26)19-10-8-16(27)12-18(19)28/h2-6,8,10,12,14H,7,9,11,13H2,1H3,(H,29,30,34). The fourth-order valence-corrected chi connectivity index (χ4v) is 6.83. The van der Waals surface area contributed by atoms with Crippen molar-refractivity contribution < 1.29 is 8.78 Å². The number of thioether (sulfide) groups is 1. The molecule has 36 heavy (non-hydrogen) atoms. The van der Waals surface area contributed by atoms with Gasteiger partial charge in [0.05, 0.1) is 16.8 Å². The first-order valence-electron chi connectivity index (χ1n) is 11.6. The summed E-state index contributed by atoms with van der Waals surface area (Å²) >= 11 is 2.88. The first-order chi connectivity index (χ1) is 17.5. The molecule has 0 radical (unpaired) electrons. The summed E-state index contributed by atoms with van der Waals surface area (Å²) in [6.45, 7) is 2.23. The molecular formula is C26H21F2N5OS2. The molecule has 5 aromatic rings. The minimum absolute atomic E-state index is 0.126. The Morgan fingerprint density at radius 1 is 1.17 bits per heavy atom. The summed E-state index contributed by atoms with van der Waals surface area (Å²) in [7, 11) is 0. The van der Waals surface area contributed by atoms with Gasteiger partial charge in [-0.2, -0.15) is 0 Å². The molecule has 1 unspecified atom stereocenters. The fraction of sp³-hybridized carbons (Fsp3) is 0.231. The van der Waals surface area contributed by atoms with E-state index in [-0.39, 0.29) is 11.2 Å². The van der Waals surface area contributed by atoms with Crippen LogP contribution in [-0.2, 0) is 18.6 Å². The Hall–Kier alpha value is -3.37. The molecule has 0 spiro atoms. The Balaban J connectivity index is 1.37. The average Bonchev–Trinajstić information content (AvgIpc) is 3.44. The van der Waals surface area contributed by atoms with Crippen molar-refractivity contribution in [3.05, 3.63) is 86.8 Å². The third-order valence-corrected chi connectivity index (χ3v) is 8.46. The van der Waals surface area contributed by atoms with E-state index in [1.165, 1.54) is 28.8 Å². The minimum Gasteiger partial charge on any atom is -0.309 e. The third kappa shape index (κ3) is 4.14. The zero-order chi connectivity index (χ0) is 24.8. The molecule has 0 saturated carbocycles. The Labute approximate surface area is 213 Å². The van der Waals surface area contributed by atoms with Gasteiger partial charge in [0, 0.05) is 16.5 Å². The van der Waals surface area contributed by atoms with E-state index in [4.69, 9.17) is 4.98 Å². The largest absolute Gasteiger partial charge is 0.309 e. The first-order valence-corrected chi connectivity index (χ1v) is 13.4. The maximum Gasteiger partial charge on any atom is 0.259 e. The van der Waals surface area contributed by atoms with Crippen molar-refractivity contribution in [1.29, 1.82) is 0 Å². The summed E-state index contributed by atoms with van der Waals surface area (Å²) in [4.78, 5) is 22.6. The maximum atomic E-state index is 14.8. The number of aryl methyl sites for hydroxylation is 1. The summed E-state index contributed by atoms with van der Waals surface area (Å²) in [5, 5.41) is 9.70. The van der Waals surface area contributed by atoms with E-state index in [0.717, 1.165) is 41.3 Å². The molecule has 2 aromatic carbocycles. The second kappa shape index (κ2) is 9.25. The van der Waals surface area contributed by atoms with Crippen molar-refractivity contribution in [2.45, 2.75) is 37.1 Å². The van der Waals surface area contributed by atoms with Crippen molar-refractivity contribution in [2.24, 2.45) is 5.92 Å². The normalized spacial score (nSPS) is 15.4. The molecule has 1 atom stereocenters. The van der Waals surface area contributed by atoms with Gasteiger partial charge in [-0.1, -0.05) is 49.0 Å². The van der Waals surface area contributed by atoms with Gasteiger partial charge in [0.15, 0.2) is 11.0 Å². The lowest BCUT2D eigenvalue weighted by Crippen LogP contribution is -2.14. The van der Waals surface area contributed by atoms with Gasteiger partial charge >= 0.3 is 0 Å². The van der Waals surface area contributed by atoms with Gasteiger partial charge < -0.3 is 4.98 Å².